The Balaban J connectivity index is 5.09. The van der Waals surface area contributed by atoms with Gasteiger partial charge in [0.05, 0.1) is 10.00 Å². The van der Waals surface area contributed by atoms with Crippen molar-refractivity contribution in [1.82, 2.24) is 0 Å². The van der Waals surface area contributed by atoms with E-state index in [9.17, 15) is 16.8 Å². The summed E-state index contributed by atoms with van der Waals surface area (Å²) in [6.07, 6.45) is 0. The lowest BCUT2D eigenvalue weighted by atomic mass is 10.3. The molecular formula is C7H16O5S2. The number of rotatable bonds is 3. The molecule has 0 aliphatic heterocycles. The summed E-state index contributed by atoms with van der Waals surface area (Å²) in [7, 11) is -8.12. The SMILES string of the molecule is CC(C)S(=O)(=O)OS(=O)(=O)C(C)(C)C. The van der Waals surface area contributed by atoms with Crippen molar-refractivity contribution in [3.63, 3.8) is 0 Å². The van der Waals surface area contributed by atoms with Crippen molar-refractivity contribution >= 4 is 20.2 Å². The maximum atomic E-state index is 11.4. The van der Waals surface area contributed by atoms with Crippen LogP contribution >= 0.6 is 0 Å². The number of hydrogen-bond acceptors (Lipinski definition) is 5. The van der Waals surface area contributed by atoms with E-state index in [1.807, 2.05) is 0 Å². The summed E-state index contributed by atoms with van der Waals surface area (Å²) in [4.78, 5) is 0. The highest BCUT2D eigenvalue weighted by atomic mass is 32.3. The van der Waals surface area contributed by atoms with Crippen LogP contribution in [0.3, 0.4) is 0 Å². The van der Waals surface area contributed by atoms with Gasteiger partial charge in [0.15, 0.2) is 0 Å². The molecule has 0 bridgehead atoms. The van der Waals surface area contributed by atoms with Gasteiger partial charge >= 0.3 is 0 Å². The second-order valence-corrected chi connectivity index (χ2v) is 8.78. The van der Waals surface area contributed by atoms with Gasteiger partial charge in [0, 0.05) is 0 Å². The molecule has 0 aromatic heterocycles. The Morgan fingerprint density at radius 3 is 1.57 bits per heavy atom. The van der Waals surface area contributed by atoms with Gasteiger partial charge in [0.2, 0.25) is 0 Å². The molecule has 0 atom stereocenters. The quantitative estimate of drug-likeness (QED) is 0.736. The van der Waals surface area contributed by atoms with Crippen LogP contribution in [0, 0.1) is 0 Å². The third-order valence-electron chi connectivity index (χ3n) is 1.51. The highest BCUT2D eigenvalue weighted by Gasteiger charge is 2.36. The van der Waals surface area contributed by atoms with Gasteiger partial charge in [0.25, 0.3) is 20.2 Å². The zero-order valence-electron chi connectivity index (χ0n) is 8.94. The number of hydrogen-bond donors (Lipinski definition) is 0. The minimum absolute atomic E-state index is 0.875. The molecule has 0 unspecified atom stereocenters. The maximum Gasteiger partial charge on any atom is 0.286 e. The average molecular weight is 244 g/mol. The Morgan fingerprint density at radius 1 is 1.00 bits per heavy atom. The second kappa shape index (κ2) is 3.79. The molecule has 14 heavy (non-hydrogen) atoms. The highest BCUT2D eigenvalue weighted by Crippen LogP contribution is 2.20. The van der Waals surface area contributed by atoms with E-state index in [4.69, 9.17) is 0 Å². The Hall–Kier alpha value is -0.140. The topological polar surface area (TPSA) is 77.5 Å². The van der Waals surface area contributed by atoms with Crippen LogP contribution in [-0.4, -0.2) is 26.8 Å². The molecule has 0 saturated heterocycles. The van der Waals surface area contributed by atoms with Crippen LogP contribution in [0.25, 0.3) is 0 Å². The lowest BCUT2D eigenvalue weighted by molar-refractivity contribution is 0.434. The van der Waals surface area contributed by atoms with Crippen molar-refractivity contribution in [2.24, 2.45) is 0 Å². The van der Waals surface area contributed by atoms with E-state index in [1.165, 1.54) is 34.6 Å². The molecule has 0 aromatic rings. The van der Waals surface area contributed by atoms with E-state index in [2.05, 4.69) is 3.63 Å². The third kappa shape index (κ3) is 3.21. The van der Waals surface area contributed by atoms with Crippen LogP contribution in [0.2, 0.25) is 0 Å². The van der Waals surface area contributed by atoms with E-state index in [0.717, 1.165) is 0 Å². The third-order valence-corrected chi connectivity index (χ3v) is 5.64. The first-order chi connectivity index (χ1) is 5.90. The molecule has 86 valence electrons. The average Bonchev–Trinajstić information content (AvgIpc) is 1.80. The van der Waals surface area contributed by atoms with Gasteiger partial charge in [-0.05, 0) is 34.6 Å². The van der Waals surface area contributed by atoms with Crippen LogP contribution in [0.15, 0.2) is 0 Å². The van der Waals surface area contributed by atoms with E-state index in [0.29, 0.717) is 0 Å². The van der Waals surface area contributed by atoms with E-state index >= 15 is 0 Å². The second-order valence-electron chi connectivity index (χ2n) is 4.18. The summed E-state index contributed by atoms with van der Waals surface area (Å²) in [6.45, 7) is 6.83. The van der Waals surface area contributed by atoms with Gasteiger partial charge < -0.3 is 0 Å². The maximum absolute atomic E-state index is 11.4. The molecule has 0 N–H and O–H groups in total. The van der Waals surface area contributed by atoms with Crippen molar-refractivity contribution in [2.45, 2.75) is 44.6 Å². The van der Waals surface area contributed by atoms with E-state index in [1.54, 1.807) is 0 Å². The molecule has 0 saturated carbocycles. The molecule has 0 radical (unpaired) electrons. The summed E-state index contributed by atoms with van der Waals surface area (Å²) in [5.74, 6) is 0. The Kier molecular flexibility index (Phi) is 3.75. The van der Waals surface area contributed by atoms with Gasteiger partial charge in [-0.15, -0.1) is 3.63 Å². The minimum atomic E-state index is -4.09. The molecule has 0 aliphatic carbocycles. The summed E-state index contributed by atoms with van der Waals surface area (Å²) in [5.41, 5.74) is 0. The smallest absolute Gasteiger partial charge is 0.198 e. The standard InChI is InChI=1S/C7H16O5S2/c1-6(2)13(8,9)12-14(10,11)7(3,4)5/h6H,1-5H3. The first-order valence-electron chi connectivity index (χ1n) is 4.09. The van der Waals surface area contributed by atoms with Crippen LogP contribution in [0.4, 0.5) is 0 Å². The predicted molar refractivity (Wildman–Crippen MR) is 53.8 cm³/mol. The fourth-order valence-electron chi connectivity index (χ4n) is 0.305. The molecule has 5 nitrogen and oxygen atoms in total. The van der Waals surface area contributed by atoms with Crippen molar-refractivity contribution < 1.29 is 20.5 Å². The normalized spacial score (nSPS) is 14.7. The molecule has 0 fully saturated rings. The molecule has 0 heterocycles. The van der Waals surface area contributed by atoms with Gasteiger partial charge in [-0.1, -0.05) is 0 Å². The van der Waals surface area contributed by atoms with Gasteiger partial charge in [-0.25, -0.2) is 0 Å². The molecule has 0 amide bonds. The first-order valence-corrected chi connectivity index (χ1v) is 6.97. The fourth-order valence-corrected chi connectivity index (χ4v) is 2.75. The lowest BCUT2D eigenvalue weighted by Crippen LogP contribution is -2.33. The molecule has 0 rings (SSSR count). The lowest BCUT2D eigenvalue weighted by Gasteiger charge is -2.18. The zero-order chi connectivity index (χ0) is 11.8. The molecular weight excluding hydrogens is 228 g/mol. The van der Waals surface area contributed by atoms with Crippen LogP contribution in [-0.2, 0) is 23.9 Å². The van der Waals surface area contributed by atoms with Gasteiger partial charge in [-0.3, -0.25) is 0 Å². The van der Waals surface area contributed by atoms with Gasteiger partial charge in [0.1, 0.15) is 0 Å². The molecule has 0 aliphatic rings. The van der Waals surface area contributed by atoms with E-state index < -0.39 is 30.2 Å². The Bertz CT molecular complexity index is 382. The van der Waals surface area contributed by atoms with Crippen molar-refractivity contribution in [3.8, 4) is 0 Å². The van der Waals surface area contributed by atoms with Crippen LogP contribution < -0.4 is 0 Å². The highest BCUT2D eigenvalue weighted by molar-refractivity contribution is 8.00. The van der Waals surface area contributed by atoms with Crippen LogP contribution in [0.5, 0.6) is 0 Å². The minimum Gasteiger partial charge on any atom is -0.198 e. The summed E-state index contributed by atoms with van der Waals surface area (Å²) >= 11 is 0. The molecule has 0 aromatic carbocycles. The summed E-state index contributed by atoms with van der Waals surface area (Å²) < 4.78 is 48.1. The van der Waals surface area contributed by atoms with Crippen molar-refractivity contribution in [1.29, 1.82) is 0 Å². The van der Waals surface area contributed by atoms with Gasteiger partial charge in [-0.2, -0.15) is 16.8 Å². The summed E-state index contributed by atoms with van der Waals surface area (Å²) in [5, 5.41) is -0.875. The Labute approximate surface area is 85.7 Å². The zero-order valence-corrected chi connectivity index (χ0v) is 10.6. The predicted octanol–water partition coefficient (Wildman–Crippen LogP) is 0.869. The molecule has 0 spiro atoms. The molecule has 7 heteroatoms. The van der Waals surface area contributed by atoms with Crippen molar-refractivity contribution in [3.05, 3.63) is 0 Å². The van der Waals surface area contributed by atoms with E-state index in [-0.39, 0.29) is 0 Å². The monoisotopic (exact) mass is 244 g/mol. The van der Waals surface area contributed by atoms with Crippen molar-refractivity contribution in [2.75, 3.05) is 0 Å². The first kappa shape index (κ1) is 13.9. The largest absolute Gasteiger partial charge is 0.286 e. The summed E-state index contributed by atoms with van der Waals surface area (Å²) in [6, 6.07) is 0. The van der Waals surface area contributed by atoms with Crippen LogP contribution in [0.1, 0.15) is 34.6 Å². The fraction of sp³-hybridized carbons (Fsp3) is 1.00. The Morgan fingerprint density at radius 2 is 1.36 bits per heavy atom.